The molecule has 0 saturated carbocycles. The third kappa shape index (κ3) is 10.3. The minimum atomic E-state index is -0.916. The quantitative estimate of drug-likeness (QED) is 0.222. The molecule has 2 aliphatic rings. The van der Waals surface area contributed by atoms with Crippen molar-refractivity contribution in [3.05, 3.63) is 41.0 Å². The molecule has 0 unspecified atom stereocenters. The zero-order chi connectivity index (χ0) is 33.3. The van der Waals surface area contributed by atoms with Crippen LogP contribution in [-0.4, -0.2) is 114 Å². The van der Waals surface area contributed by atoms with E-state index in [0.29, 0.717) is 19.3 Å². The van der Waals surface area contributed by atoms with Gasteiger partial charge >= 0.3 is 0 Å². The Morgan fingerprint density at radius 1 is 1.11 bits per heavy atom. The molecule has 46 heavy (non-hydrogen) atoms. The van der Waals surface area contributed by atoms with Gasteiger partial charge in [-0.15, -0.1) is 11.3 Å². The number of β-amino-alcohol motifs (C(OH)–C–C–N with tert-alkyl or cyclic N) is 1. The van der Waals surface area contributed by atoms with Gasteiger partial charge in [-0.2, -0.15) is 0 Å². The Bertz CT molecular complexity index is 1290. The molecular formula is C33H50N6O6S. The first kappa shape index (κ1) is 35.9. The minimum Gasteiger partial charge on any atom is -0.391 e. The molecule has 254 valence electrons. The maximum atomic E-state index is 13.8. The number of ether oxygens (including phenoxy) is 2. The van der Waals surface area contributed by atoms with E-state index in [1.165, 1.54) is 4.90 Å². The number of likely N-dealkylation sites (tertiary alicyclic amines) is 2. The molecule has 2 aromatic rings. The van der Waals surface area contributed by atoms with Crippen LogP contribution in [0.2, 0.25) is 0 Å². The van der Waals surface area contributed by atoms with Crippen LogP contribution in [0.25, 0.3) is 10.4 Å². The minimum absolute atomic E-state index is 0.0142. The summed E-state index contributed by atoms with van der Waals surface area (Å²) in [6.45, 7) is 11.6. The normalized spacial score (nSPS) is 20.1. The van der Waals surface area contributed by atoms with Gasteiger partial charge in [0.05, 0.1) is 42.0 Å². The highest BCUT2D eigenvalue weighted by molar-refractivity contribution is 7.13. The average Bonchev–Trinajstić information content (AvgIpc) is 3.63. The van der Waals surface area contributed by atoms with Gasteiger partial charge < -0.3 is 40.7 Å². The van der Waals surface area contributed by atoms with Crippen molar-refractivity contribution in [1.82, 2.24) is 25.4 Å². The molecule has 0 radical (unpaired) electrons. The smallest absolute Gasteiger partial charge is 0.246 e. The van der Waals surface area contributed by atoms with Crippen molar-refractivity contribution in [1.29, 1.82) is 0 Å². The summed E-state index contributed by atoms with van der Waals surface area (Å²) in [5.74, 6) is -1.20. The van der Waals surface area contributed by atoms with Crippen molar-refractivity contribution in [2.45, 2.75) is 77.7 Å². The number of nitrogens with two attached hydrogens (primary N) is 1. The molecule has 1 aromatic heterocycles. The van der Waals surface area contributed by atoms with E-state index in [0.717, 1.165) is 54.2 Å². The summed E-state index contributed by atoms with van der Waals surface area (Å²) in [4.78, 5) is 49.0. The van der Waals surface area contributed by atoms with Gasteiger partial charge in [0.1, 0.15) is 18.7 Å². The lowest BCUT2D eigenvalue weighted by atomic mass is 9.85. The van der Waals surface area contributed by atoms with Gasteiger partial charge in [0.15, 0.2) is 0 Å². The van der Waals surface area contributed by atoms with Crippen LogP contribution in [0.4, 0.5) is 0 Å². The van der Waals surface area contributed by atoms with E-state index in [2.05, 4.69) is 20.5 Å². The van der Waals surface area contributed by atoms with E-state index in [1.54, 1.807) is 11.3 Å². The summed E-state index contributed by atoms with van der Waals surface area (Å²) in [6.07, 6.45) is 1.30. The zero-order valence-corrected chi connectivity index (χ0v) is 28.3. The number of rotatable bonds is 14. The third-order valence-corrected chi connectivity index (χ3v) is 9.48. The van der Waals surface area contributed by atoms with Gasteiger partial charge in [0.2, 0.25) is 17.7 Å². The van der Waals surface area contributed by atoms with Crippen LogP contribution in [0.15, 0.2) is 29.8 Å². The molecule has 0 spiro atoms. The van der Waals surface area contributed by atoms with Gasteiger partial charge in [0.25, 0.3) is 0 Å². The molecule has 3 heterocycles. The van der Waals surface area contributed by atoms with E-state index >= 15 is 0 Å². The second kappa shape index (κ2) is 16.8. The summed E-state index contributed by atoms with van der Waals surface area (Å²) in [5, 5.41) is 16.2. The molecular weight excluding hydrogens is 608 g/mol. The first-order chi connectivity index (χ1) is 21.9. The number of aliphatic hydroxyl groups excluding tert-OH is 1. The van der Waals surface area contributed by atoms with Crippen molar-refractivity contribution in [2.75, 3.05) is 52.6 Å². The van der Waals surface area contributed by atoms with Gasteiger partial charge in [0, 0.05) is 32.1 Å². The monoisotopic (exact) mass is 658 g/mol. The van der Waals surface area contributed by atoms with Gasteiger partial charge in [-0.25, -0.2) is 4.98 Å². The van der Waals surface area contributed by atoms with Crippen molar-refractivity contribution >= 4 is 29.1 Å². The van der Waals surface area contributed by atoms with E-state index in [4.69, 9.17) is 15.2 Å². The van der Waals surface area contributed by atoms with E-state index in [-0.39, 0.29) is 38.6 Å². The van der Waals surface area contributed by atoms with Crippen LogP contribution in [0, 0.1) is 12.3 Å². The van der Waals surface area contributed by atoms with Crippen LogP contribution in [0.5, 0.6) is 0 Å². The van der Waals surface area contributed by atoms with Crippen LogP contribution < -0.4 is 16.4 Å². The highest BCUT2D eigenvalue weighted by Crippen LogP contribution is 2.28. The highest BCUT2D eigenvalue weighted by Gasteiger charge is 2.44. The summed E-state index contributed by atoms with van der Waals surface area (Å²) in [6, 6.07) is 6.43. The Morgan fingerprint density at radius 3 is 2.46 bits per heavy atom. The fourth-order valence-electron chi connectivity index (χ4n) is 5.74. The lowest BCUT2D eigenvalue weighted by molar-refractivity contribution is -0.144. The standard InChI is InChI=1S/C33H50N6O6S/c1-22-29(46-21-36-22)24-7-5-23(6-8-24)18-35-31(42)27-17-26(40)19-39(27)32(43)30(33(2,3)4)37-28(41)20-45-16-15-44-14-13-38-11-9-25(34)10-12-38/h5-8,21,25-27,30,40H,9-20,34H2,1-4H3,(H,35,42)(H,37,41)/t26-,27+,30-/m1/s1. The number of aliphatic hydroxyl groups is 1. The van der Waals surface area contributed by atoms with Gasteiger partial charge in [-0.05, 0) is 49.4 Å². The molecule has 0 aliphatic carbocycles. The third-order valence-electron chi connectivity index (χ3n) is 8.50. The molecule has 1 aromatic carbocycles. The van der Waals surface area contributed by atoms with Crippen LogP contribution in [-0.2, 0) is 30.4 Å². The number of piperidine rings is 1. The number of nitrogens with one attached hydrogen (secondary N) is 2. The predicted molar refractivity (Wildman–Crippen MR) is 177 cm³/mol. The van der Waals surface area contributed by atoms with Gasteiger partial charge in [-0.1, -0.05) is 45.0 Å². The number of amides is 3. The molecule has 12 nitrogen and oxygen atoms in total. The fourth-order valence-corrected chi connectivity index (χ4v) is 6.55. The number of aryl methyl sites for hydroxylation is 1. The highest BCUT2D eigenvalue weighted by atomic mass is 32.1. The first-order valence-corrected chi connectivity index (χ1v) is 17.0. The number of thiazole rings is 1. The van der Waals surface area contributed by atoms with E-state index < -0.39 is 35.4 Å². The lowest BCUT2D eigenvalue weighted by Crippen LogP contribution is -2.58. The maximum Gasteiger partial charge on any atom is 0.246 e. The van der Waals surface area contributed by atoms with Crippen LogP contribution in [0.3, 0.4) is 0 Å². The van der Waals surface area contributed by atoms with Crippen LogP contribution >= 0.6 is 11.3 Å². The number of carbonyl (C=O) groups is 3. The molecule has 13 heteroatoms. The predicted octanol–water partition coefficient (Wildman–Crippen LogP) is 1.68. The topological polar surface area (TPSA) is 159 Å². The van der Waals surface area contributed by atoms with Crippen LogP contribution in [0.1, 0.15) is 51.3 Å². The van der Waals surface area contributed by atoms with Gasteiger partial charge in [-0.3, -0.25) is 14.4 Å². The maximum absolute atomic E-state index is 13.8. The van der Waals surface area contributed by atoms with Crippen molar-refractivity contribution in [2.24, 2.45) is 11.1 Å². The first-order valence-electron chi connectivity index (χ1n) is 16.1. The zero-order valence-electron chi connectivity index (χ0n) is 27.5. The molecule has 2 fully saturated rings. The van der Waals surface area contributed by atoms with Crippen molar-refractivity contribution < 1.29 is 29.0 Å². The van der Waals surface area contributed by atoms with Crippen molar-refractivity contribution in [3.63, 3.8) is 0 Å². The molecule has 3 amide bonds. The Labute approximate surface area is 276 Å². The Morgan fingerprint density at radius 2 is 1.80 bits per heavy atom. The molecule has 4 rings (SSSR count). The number of carbonyl (C=O) groups excluding carboxylic acids is 3. The number of aromatic nitrogens is 1. The Balaban J connectivity index is 1.23. The molecule has 5 N–H and O–H groups in total. The number of nitrogens with zero attached hydrogens (tertiary/aromatic N) is 3. The lowest BCUT2D eigenvalue weighted by Gasteiger charge is -2.35. The summed E-state index contributed by atoms with van der Waals surface area (Å²) < 4.78 is 11.2. The van der Waals surface area contributed by atoms with Crippen molar-refractivity contribution in [3.8, 4) is 10.4 Å². The molecule has 2 saturated heterocycles. The fraction of sp³-hybridized carbons (Fsp3) is 0.636. The average molecular weight is 659 g/mol. The van der Waals surface area contributed by atoms with E-state index in [9.17, 15) is 19.5 Å². The largest absolute Gasteiger partial charge is 0.391 e. The molecule has 2 aliphatic heterocycles. The summed E-state index contributed by atoms with van der Waals surface area (Å²) >= 11 is 1.58. The Hall–Kier alpha value is -2.94. The SMILES string of the molecule is Cc1ncsc1-c1ccc(CNC(=O)[C@@H]2C[C@@H](O)CN2C(=O)[C@@H](NC(=O)COCCOCCN2CCC(N)CC2)C(C)(C)C)cc1. The summed E-state index contributed by atoms with van der Waals surface area (Å²) in [5.41, 5.74) is 10.1. The molecule has 0 bridgehead atoms. The second-order valence-electron chi connectivity index (χ2n) is 13.3. The number of hydrogen-bond donors (Lipinski definition) is 4. The van der Waals surface area contributed by atoms with E-state index in [1.807, 2.05) is 57.5 Å². The number of benzene rings is 1. The summed E-state index contributed by atoms with van der Waals surface area (Å²) in [7, 11) is 0. The Kier molecular flexibility index (Phi) is 13.1. The molecule has 3 atom stereocenters. The number of hydrogen-bond acceptors (Lipinski definition) is 10. The second-order valence-corrected chi connectivity index (χ2v) is 14.1.